The number of nitrogens with zero attached hydrogens (tertiary/aromatic N) is 2. The van der Waals surface area contributed by atoms with E-state index in [1.54, 1.807) is 4.90 Å². The zero-order valence-electron chi connectivity index (χ0n) is 20.8. The summed E-state index contributed by atoms with van der Waals surface area (Å²) in [6.45, 7) is 7.98. The average Bonchev–Trinajstić information content (AvgIpc) is 2.82. The third-order valence-corrected chi connectivity index (χ3v) is 6.47. The van der Waals surface area contributed by atoms with E-state index in [-0.39, 0.29) is 18.3 Å². The lowest BCUT2D eigenvalue weighted by molar-refractivity contribution is -0.688. The van der Waals surface area contributed by atoms with Crippen molar-refractivity contribution in [2.24, 2.45) is 0 Å². The van der Waals surface area contributed by atoms with Crippen molar-refractivity contribution in [1.82, 2.24) is 4.90 Å². The molecular weight excluding hydrogens is 428 g/mol. The molecule has 0 unspecified atom stereocenters. The summed E-state index contributed by atoms with van der Waals surface area (Å²) in [4.78, 5) is 14.0. The Hall–Kier alpha value is -2.60. The fourth-order valence-electron chi connectivity index (χ4n) is 4.67. The van der Waals surface area contributed by atoms with Crippen LogP contribution in [0.3, 0.4) is 0 Å². The third-order valence-electron chi connectivity index (χ3n) is 6.47. The van der Waals surface area contributed by atoms with Gasteiger partial charge in [-0.3, -0.25) is 0 Å². The lowest BCUT2D eigenvalue weighted by Crippen LogP contribution is -2.44. The Kier molecular flexibility index (Phi) is 8.09. The second kappa shape index (κ2) is 11.2. The van der Waals surface area contributed by atoms with Crippen LogP contribution < -0.4 is 9.30 Å². The number of carbonyl (C=O) groups excluding carboxylic acids is 1. The molecule has 1 amide bonds. The first-order valence-corrected chi connectivity index (χ1v) is 12.7. The van der Waals surface area contributed by atoms with E-state index in [1.807, 2.05) is 26.8 Å². The Morgan fingerprint density at radius 2 is 1.47 bits per heavy atom. The molecule has 1 saturated heterocycles. The largest absolute Gasteiger partial charge is 0.490 e. The first-order valence-electron chi connectivity index (χ1n) is 12.7. The number of hydrogen-bond acceptors (Lipinski definition) is 4. The third kappa shape index (κ3) is 7.45. The lowest BCUT2D eigenvalue weighted by atomic mass is 9.94. The second-order valence-electron chi connectivity index (χ2n) is 10.5. The smallest absolute Gasteiger partial charge is 0.410 e. The monoisotopic (exact) mass is 467 g/mol. The van der Waals surface area contributed by atoms with Crippen LogP contribution in [-0.2, 0) is 16.0 Å². The Bertz CT molecular complexity index is 894. The van der Waals surface area contributed by atoms with Crippen molar-refractivity contribution in [1.29, 1.82) is 0 Å². The van der Waals surface area contributed by atoms with Gasteiger partial charge < -0.3 is 19.1 Å². The van der Waals surface area contributed by atoms with Crippen LogP contribution in [0.4, 0.5) is 4.79 Å². The van der Waals surface area contributed by atoms with Gasteiger partial charge in [-0.2, -0.15) is 0 Å². The number of aromatic nitrogens is 1. The molecule has 2 aromatic rings. The van der Waals surface area contributed by atoms with Crippen molar-refractivity contribution >= 4 is 6.09 Å². The van der Waals surface area contributed by atoms with E-state index in [2.05, 4.69) is 53.4 Å². The predicted molar refractivity (Wildman–Crippen MR) is 131 cm³/mol. The van der Waals surface area contributed by atoms with E-state index in [1.165, 1.54) is 5.56 Å². The number of amides is 1. The summed E-state index contributed by atoms with van der Waals surface area (Å²) < 4.78 is 20.3. The normalized spacial score (nSPS) is 21.8. The minimum absolute atomic E-state index is 0.213. The van der Waals surface area contributed by atoms with Crippen molar-refractivity contribution < 1.29 is 23.6 Å². The molecule has 34 heavy (non-hydrogen) atoms. The van der Waals surface area contributed by atoms with Gasteiger partial charge in [-0.1, -0.05) is 30.3 Å². The molecule has 1 aromatic heterocycles. The van der Waals surface area contributed by atoms with Gasteiger partial charge in [0.15, 0.2) is 18.9 Å². The van der Waals surface area contributed by atoms with E-state index in [9.17, 15) is 4.79 Å². The molecule has 1 aliphatic carbocycles. The summed E-state index contributed by atoms with van der Waals surface area (Å²) in [5.74, 6) is 0.934. The van der Waals surface area contributed by atoms with Gasteiger partial charge in [-0.15, -0.1) is 0 Å². The molecule has 6 nitrogen and oxygen atoms in total. The van der Waals surface area contributed by atoms with Gasteiger partial charge in [0.05, 0.1) is 18.3 Å². The maximum Gasteiger partial charge on any atom is 0.410 e. The number of pyridine rings is 1. The summed E-state index contributed by atoms with van der Waals surface area (Å²) in [6.07, 6.45) is 10.6. The van der Waals surface area contributed by atoms with Gasteiger partial charge in [0.1, 0.15) is 11.4 Å². The summed E-state index contributed by atoms with van der Waals surface area (Å²) >= 11 is 0. The van der Waals surface area contributed by atoms with Crippen molar-refractivity contribution in [2.75, 3.05) is 13.1 Å². The SMILES string of the molecule is CC(C)(C)OC(=O)N1CCC(OC2CCC(Oc3cc[n+](Cc4ccccc4)cc3)CC2)CC1. The van der Waals surface area contributed by atoms with Crippen LogP contribution >= 0.6 is 0 Å². The molecule has 2 fully saturated rings. The molecule has 1 saturated carbocycles. The van der Waals surface area contributed by atoms with Crippen molar-refractivity contribution in [3.05, 3.63) is 60.4 Å². The number of likely N-dealkylation sites (tertiary alicyclic amines) is 1. The first kappa shape index (κ1) is 24.5. The maximum atomic E-state index is 12.2. The number of hydrogen-bond donors (Lipinski definition) is 0. The molecule has 2 aliphatic rings. The van der Waals surface area contributed by atoms with E-state index >= 15 is 0 Å². The molecule has 0 N–H and O–H groups in total. The van der Waals surface area contributed by atoms with Gasteiger partial charge in [0.2, 0.25) is 0 Å². The van der Waals surface area contributed by atoms with Gasteiger partial charge in [-0.05, 0) is 59.3 Å². The van der Waals surface area contributed by atoms with Crippen LogP contribution in [0.5, 0.6) is 5.75 Å². The zero-order chi connectivity index (χ0) is 24.0. The number of ether oxygens (including phenoxy) is 3. The van der Waals surface area contributed by atoms with Crippen LogP contribution in [0.15, 0.2) is 54.9 Å². The van der Waals surface area contributed by atoms with Crippen molar-refractivity contribution in [2.45, 2.75) is 89.8 Å². The van der Waals surface area contributed by atoms with E-state index in [4.69, 9.17) is 14.2 Å². The van der Waals surface area contributed by atoms with Crippen LogP contribution in [0.2, 0.25) is 0 Å². The second-order valence-corrected chi connectivity index (χ2v) is 10.5. The average molecular weight is 468 g/mol. The van der Waals surface area contributed by atoms with Crippen LogP contribution in [0.25, 0.3) is 0 Å². The van der Waals surface area contributed by atoms with Crippen molar-refractivity contribution in [3.63, 3.8) is 0 Å². The highest BCUT2D eigenvalue weighted by Crippen LogP contribution is 2.28. The quantitative estimate of drug-likeness (QED) is 0.553. The van der Waals surface area contributed by atoms with E-state index in [0.29, 0.717) is 19.2 Å². The first-order chi connectivity index (χ1) is 16.3. The molecule has 1 aliphatic heterocycles. The lowest BCUT2D eigenvalue weighted by Gasteiger charge is -2.36. The summed E-state index contributed by atoms with van der Waals surface area (Å²) in [6, 6.07) is 14.6. The standard InChI is InChI=1S/C28H39N2O4/c1-28(2,3)34-27(31)30-19-15-26(16-20-30)33-24-11-9-23(10-12-24)32-25-13-17-29(18-14-25)21-22-7-5-4-6-8-22/h4-8,13-14,17-18,23-24,26H,9-12,15-16,19-21H2,1-3H3/q+1. The molecule has 0 radical (unpaired) electrons. The summed E-state index contributed by atoms with van der Waals surface area (Å²) in [5.41, 5.74) is 0.837. The summed E-state index contributed by atoms with van der Waals surface area (Å²) in [5, 5.41) is 0. The Morgan fingerprint density at radius 3 is 2.09 bits per heavy atom. The summed E-state index contributed by atoms with van der Waals surface area (Å²) in [7, 11) is 0. The van der Waals surface area contributed by atoms with Crippen LogP contribution in [0.1, 0.15) is 64.9 Å². The molecule has 6 heteroatoms. The van der Waals surface area contributed by atoms with Crippen LogP contribution in [0, 0.1) is 0 Å². The molecule has 0 bridgehead atoms. The van der Waals surface area contributed by atoms with Gasteiger partial charge >= 0.3 is 6.09 Å². The molecule has 1 aromatic carbocycles. The van der Waals surface area contributed by atoms with E-state index < -0.39 is 5.60 Å². The molecular formula is C28H39N2O4+. The minimum atomic E-state index is -0.450. The van der Waals surface area contributed by atoms with Gasteiger partial charge in [0.25, 0.3) is 0 Å². The maximum absolute atomic E-state index is 12.2. The Labute approximate surface area is 203 Å². The fraction of sp³-hybridized carbons (Fsp3) is 0.571. The highest BCUT2D eigenvalue weighted by atomic mass is 16.6. The highest BCUT2D eigenvalue weighted by molar-refractivity contribution is 5.68. The molecule has 184 valence electrons. The Morgan fingerprint density at radius 1 is 0.882 bits per heavy atom. The van der Waals surface area contributed by atoms with E-state index in [0.717, 1.165) is 50.8 Å². The Balaban J connectivity index is 1.15. The number of rotatable bonds is 6. The molecule has 0 atom stereocenters. The zero-order valence-corrected chi connectivity index (χ0v) is 20.8. The van der Waals surface area contributed by atoms with Gasteiger partial charge in [0, 0.05) is 30.8 Å². The molecule has 2 heterocycles. The number of piperidine rings is 1. The fourth-order valence-corrected chi connectivity index (χ4v) is 4.67. The number of carbonyl (C=O) groups is 1. The van der Waals surface area contributed by atoms with Crippen molar-refractivity contribution in [3.8, 4) is 5.75 Å². The van der Waals surface area contributed by atoms with Gasteiger partial charge in [-0.25, -0.2) is 9.36 Å². The van der Waals surface area contributed by atoms with Crippen LogP contribution in [-0.4, -0.2) is 48.0 Å². The minimum Gasteiger partial charge on any atom is -0.490 e. The molecule has 0 spiro atoms. The number of benzene rings is 1. The highest BCUT2D eigenvalue weighted by Gasteiger charge is 2.30. The molecule has 4 rings (SSSR count). The predicted octanol–water partition coefficient (Wildman–Crippen LogP) is 5.13. The topological polar surface area (TPSA) is 51.9 Å².